The lowest BCUT2D eigenvalue weighted by molar-refractivity contribution is -0.143. The molecule has 1 rings (SSSR count). The van der Waals surface area contributed by atoms with Gasteiger partial charge in [0, 0.05) is 18.4 Å². The number of benzene rings is 1. The number of hydrogen-bond acceptors (Lipinski definition) is 4. The Morgan fingerprint density at radius 2 is 1.90 bits per heavy atom. The van der Waals surface area contributed by atoms with E-state index in [0.29, 0.717) is 25.4 Å². The van der Waals surface area contributed by atoms with Crippen molar-refractivity contribution in [2.75, 3.05) is 19.1 Å². The molecule has 21 heavy (non-hydrogen) atoms. The third kappa shape index (κ3) is 7.99. The molecule has 0 heterocycles. The summed E-state index contributed by atoms with van der Waals surface area (Å²) in [6, 6.07) is 7.02. The van der Waals surface area contributed by atoms with Gasteiger partial charge in [-0.05, 0) is 23.8 Å². The van der Waals surface area contributed by atoms with Gasteiger partial charge in [0.05, 0.1) is 19.6 Å². The van der Waals surface area contributed by atoms with Gasteiger partial charge in [-0.2, -0.15) is 0 Å². The number of carboxylic acid groups (broad SMARTS) is 1. The fourth-order valence-electron chi connectivity index (χ4n) is 1.43. The molecule has 0 saturated carbocycles. The van der Waals surface area contributed by atoms with Crippen LogP contribution in [-0.2, 0) is 14.3 Å². The highest BCUT2D eigenvalue weighted by Crippen LogP contribution is 2.13. The van der Waals surface area contributed by atoms with E-state index in [1.807, 2.05) is 0 Å². The third-order valence-electron chi connectivity index (χ3n) is 2.42. The van der Waals surface area contributed by atoms with Crippen molar-refractivity contribution in [2.24, 2.45) is 0 Å². The molecule has 0 aromatic heterocycles. The van der Waals surface area contributed by atoms with E-state index in [2.05, 4.69) is 0 Å². The Morgan fingerprint density at radius 1 is 1.19 bits per heavy atom. The number of carboxylic acids is 1. The summed E-state index contributed by atoms with van der Waals surface area (Å²) in [5.41, 5.74) is 0.778. The zero-order valence-corrected chi connectivity index (χ0v) is 12.2. The number of esters is 1. The van der Waals surface area contributed by atoms with Gasteiger partial charge in [0.25, 0.3) is 0 Å². The van der Waals surface area contributed by atoms with Crippen LogP contribution >= 0.6 is 11.6 Å². The molecule has 0 radical (unpaired) electrons. The van der Waals surface area contributed by atoms with Crippen molar-refractivity contribution >= 4 is 29.6 Å². The SMILES string of the molecule is O=C(O)/C=C\c1ccc(OCCCOC(=O)CCCl)cc1. The molecule has 1 aromatic carbocycles. The number of carbonyl (C=O) groups excluding carboxylic acids is 1. The smallest absolute Gasteiger partial charge is 0.328 e. The minimum absolute atomic E-state index is 0.216. The lowest BCUT2D eigenvalue weighted by Crippen LogP contribution is -2.09. The number of rotatable bonds is 9. The lowest BCUT2D eigenvalue weighted by Gasteiger charge is -2.07. The molecule has 0 aliphatic carbocycles. The molecule has 1 aromatic rings. The number of hydrogen-bond donors (Lipinski definition) is 1. The van der Waals surface area contributed by atoms with Gasteiger partial charge in [-0.3, -0.25) is 4.79 Å². The van der Waals surface area contributed by atoms with Crippen molar-refractivity contribution in [3.63, 3.8) is 0 Å². The van der Waals surface area contributed by atoms with Crippen LogP contribution in [0.25, 0.3) is 6.08 Å². The number of aliphatic carboxylic acids is 1. The van der Waals surface area contributed by atoms with Crippen LogP contribution in [0.5, 0.6) is 5.75 Å². The summed E-state index contributed by atoms with van der Waals surface area (Å²) >= 11 is 5.41. The van der Waals surface area contributed by atoms with Crippen LogP contribution in [0.4, 0.5) is 0 Å². The van der Waals surface area contributed by atoms with E-state index in [9.17, 15) is 9.59 Å². The van der Waals surface area contributed by atoms with Crippen LogP contribution in [0.3, 0.4) is 0 Å². The van der Waals surface area contributed by atoms with Gasteiger partial charge in [-0.25, -0.2) is 4.79 Å². The molecular formula is C15H17ClO5. The molecule has 114 valence electrons. The summed E-state index contributed by atoms with van der Waals surface area (Å²) in [6.45, 7) is 0.730. The van der Waals surface area contributed by atoms with Crippen molar-refractivity contribution in [1.29, 1.82) is 0 Å². The molecule has 0 unspecified atom stereocenters. The van der Waals surface area contributed by atoms with Crippen molar-refractivity contribution < 1.29 is 24.2 Å². The zero-order valence-electron chi connectivity index (χ0n) is 11.5. The number of halogens is 1. The van der Waals surface area contributed by atoms with E-state index in [1.165, 1.54) is 6.08 Å². The summed E-state index contributed by atoms with van der Waals surface area (Å²) in [5.74, 6) is -0.356. The van der Waals surface area contributed by atoms with Gasteiger partial charge in [-0.15, -0.1) is 11.6 Å². The van der Waals surface area contributed by atoms with Gasteiger partial charge in [0.2, 0.25) is 0 Å². The van der Waals surface area contributed by atoms with Gasteiger partial charge in [0.15, 0.2) is 0 Å². The summed E-state index contributed by atoms with van der Waals surface area (Å²) in [5, 5.41) is 8.51. The lowest BCUT2D eigenvalue weighted by atomic mass is 10.2. The molecule has 5 nitrogen and oxygen atoms in total. The second kappa shape index (κ2) is 9.83. The quantitative estimate of drug-likeness (QED) is 0.328. The second-order valence-electron chi connectivity index (χ2n) is 4.10. The predicted molar refractivity (Wildman–Crippen MR) is 79.5 cm³/mol. The maximum atomic E-state index is 11.0. The molecule has 0 aliphatic rings. The van der Waals surface area contributed by atoms with E-state index in [-0.39, 0.29) is 18.3 Å². The highest BCUT2D eigenvalue weighted by atomic mass is 35.5. The van der Waals surface area contributed by atoms with Gasteiger partial charge >= 0.3 is 11.9 Å². The van der Waals surface area contributed by atoms with Gasteiger partial charge < -0.3 is 14.6 Å². The molecular weight excluding hydrogens is 296 g/mol. The second-order valence-corrected chi connectivity index (χ2v) is 4.48. The van der Waals surface area contributed by atoms with Crippen LogP contribution in [0.1, 0.15) is 18.4 Å². The van der Waals surface area contributed by atoms with Gasteiger partial charge in [-0.1, -0.05) is 12.1 Å². The van der Waals surface area contributed by atoms with Crippen LogP contribution in [0, 0.1) is 0 Å². The van der Waals surface area contributed by atoms with E-state index in [0.717, 1.165) is 11.6 Å². The largest absolute Gasteiger partial charge is 0.493 e. The molecule has 0 saturated heterocycles. The Kier molecular flexibility index (Phi) is 7.97. The molecule has 0 amide bonds. The van der Waals surface area contributed by atoms with Crippen molar-refractivity contribution in [3.8, 4) is 5.75 Å². The molecule has 0 spiro atoms. The van der Waals surface area contributed by atoms with Crippen LogP contribution in [0.2, 0.25) is 0 Å². The fourth-order valence-corrected chi connectivity index (χ4v) is 1.58. The van der Waals surface area contributed by atoms with Crippen LogP contribution in [-0.4, -0.2) is 36.1 Å². The maximum absolute atomic E-state index is 11.0. The average molecular weight is 313 g/mol. The molecule has 0 fully saturated rings. The first-order valence-corrected chi connectivity index (χ1v) is 7.00. The maximum Gasteiger partial charge on any atom is 0.328 e. The monoisotopic (exact) mass is 312 g/mol. The normalized spacial score (nSPS) is 10.5. The fraction of sp³-hybridized carbons (Fsp3) is 0.333. The Labute approximate surface area is 128 Å². The summed E-state index contributed by atoms with van der Waals surface area (Å²) in [6.07, 6.45) is 3.38. The average Bonchev–Trinajstić information content (AvgIpc) is 2.46. The zero-order chi connectivity index (χ0) is 15.5. The summed E-state index contributed by atoms with van der Waals surface area (Å²) < 4.78 is 10.4. The Bertz CT molecular complexity index is 481. The number of alkyl halides is 1. The van der Waals surface area contributed by atoms with E-state index in [4.69, 9.17) is 26.2 Å². The van der Waals surface area contributed by atoms with Crippen molar-refractivity contribution in [1.82, 2.24) is 0 Å². The van der Waals surface area contributed by atoms with Gasteiger partial charge in [0.1, 0.15) is 5.75 Å². The Morgan fingerprint density at radius 3 is 2.52 bits per heavy atom. The predicted octanol–water partition coefficient (Wildman–Crippen LogP) is 2.73. The first kappa shape index (κ1) is 17.0. The summed E-state index contributed by atoms with van der Waals surface area (Å²) in [7, 11) is 0. The van der Waals surface area contributed by atoms with E-state index < -0.39 is 5.97 Å². The Balaban J connectivity index is 2.24. The van der Waals surface area contributed by atoms with E-state index >= 15 is 0 Å². The topological polar surface area (TPSA) is 72.8 Å². The van der Waals surface area contributed by atoms with E-state index in [1.54, 1.807) is 24.3 Å². The highest BCUT2D eigenvalue weighted by molar-refractivity contribution is 6.18. The van der Waals surface area contributed by atoms with Crippen LogP contribution < -0.4 is 4.74 Å². The molecule has 0 atom stereocenters. The minimum atomic E-state index is -0.987. The first-order chi connectivity index (χ1) is 10.1. The van der Waals surface area contributed by atoms with Crippen molar-refractivity contribution in [3.05, 3.63) is 35.9 Å². The number of ether oxygens (including phenoxy) is 2. The third-order valence-corrected chi connectivity index (χ3v) is 2.61. The summed E-state index contributed by atoms with van der Waals surface area (Å²) in [4.78, 5) is 21.4. The standard InChI is InChI=1S/C15H17ClO5/c16-9-8-15(19)21-11-1-10-20-13-5-2-12(3-6-13)4-7-14(17)18/h2-7H,1,8-11H2,(H,17,18)/b7-4-. The molecule has 1 N–H and O–H groups in total. The molecule has 0 bridgehead atoms. The molecule has 6 heteroatoms. The highest BCUT2D eigenvalue weighted by Gasteiger charge is 2.01. The van der Waals surface area contributed by atoms with Crippen LogP contribution in [0.15, 0.2) is 30.3 Å². The Hall–Kier alpha value is -2.01. The first-order valence-electron chi connectivity index (χ1n) is 6.47. The van der Waals surface area contributed by atoms with Crippen molar-refractivity contribution in [2.45, 2.75) is 12.8 Å². The minimum Gasteiger partial charge on any atom is -0.493 e. The molecule has 0 aliphatic heterocycles. The number of carbonyl (C=O) groups is 2.